The molecule has 2 aromatic carbocycles. The smallest absolute Gasteiger partial charge is 0.257 e. The standard InChI is InChI=1S/C21H22N2O3/c1-14-8-9-16-12-17(21(25)23-20(16)15(14)2)10-11-22-19(24)13-26-18-6-4-3-5-7-18/h3-9,12,17H,10-11,13H2,1-2H3,(H,22,24). The lowest BCUT2D eigenvalue weighted by atomic mass is 9.98. The van der Waals surface area contributed by atoms with Crippen LogP contribution in [0.2, 0.25) is 0 Å². The van der Waals surface area contributed by atoms with Crippen LogP contribution in [-0.4, -0.2) is 25.0 Å². The average Bonchev–Trinajstić information content (AvgIpc) is 2.65. The predicted octanol–water partition coefficient (Wildman–Crippen LogP) is 1.45. The minimum atomic E-state index is -0.306. The minimum absolute atomic E-state index is 0.0436. The van der Waals surface area contributed by atoms with Gasteiger partial charge in [-0.2, -0.15) is 0 Å². The van der Waals surface area contributed by atoms with Gasteiger partial charge in [0.1, 0.15) is 5.75 Å². The van der Waals surface area contributed by atoms with Crippen molar-refractivity contribution in [3.63, 3.8) is 0 Å². The molecule has 0 radical (unpaired) electrons. The van der Waals surface area contributed by atoms with Crippen molar-refractivity contribution in [2.75, 3.05) is 13.2 Å². The molecule has 3 rings (SSSR count). The van der Waals surface area contributed by atoms with Crippen LogP contribution in [0.3, 0.4) is 0 Å². The van der Waals surface area contributed by atoms with Gasteiger partial charge in [0, 0.05) is 6.54 Å². The second kappa shape index (κ2) is 7.95. The highest BCUT2D eigenvalue weighted by Gasteiger charge is 2.19. The molecule has 5 nitrogen and oxygen atoms in total. The van der Waals surface area contributed by atoms with Crippen molar-refractivity contribution in [1.82, 2.24) is 5.32 Å². The summed E-state index contributed by atoms with van der Waals surface area (Å²) in [4.78, 5) is 28.4. The minimum Gasteiger partial charge on any atom is -0.484 e. The molecule has 0 spiro atoms. The number of amides is 2. The second-order valence-electron chi connectivity index (χ2n) is 6.41. The van der Waals surface area contributed by atoms with E-state index in [0.29, 0.717) is 18.7 Å². The van der Waals surface area contributed by atoms with Crippen LogP contribution in [0.25, 0.3) is 6.08 Å². The van der Waals surface area contributed by atoms with Crippen molar-refractivity contribution in [2.45, 2.75) is 20.3 Å². The summed E-state index contributed by atoms with van der Waals surface area (Å²) in [6, 6.07) is 13.2. The summed E-state index contributed by atoms with van der Waals surface area (Å²) in [6.07, 6.45) is 2.47. The molecule has 1 N–H and O–H groups in total. The maximum absolute atomic E-state index is 12.3. The molecule has 0 aliphatic carbocycles. The molecule has 1 aliphatic rings. The molecule has 0 saturated carbocycles. The van der Waals surface area contributed by atoms with Crippen molar-refractivity contribution < 1.29 is 14.3 Å². The Bertz CT molecular complexity index is 936. The molecule has 0 aromatic heterocycles. The van der Waals surface area contributed by atoms with Crippen LogP contribution >= 0.6 is 0 Å². The quantitative estimate of drug-likeness (QED) is 0.857. The van der Waals surface area contributed by atoms with Crippen LogP contribution in [0.1, 0.15) is 17.5 Å². The van der Waals surface area contributed by atoms with Crippen LogP contribution in [0, 0.1) is 19.8 Å². The van der Waals surface area contributed by atoms with Gasteiger partial charge in [-0.05, 0) is 48.7 Å². The predicted molar refractivity (Wildman–Crippen MR) is 99.2 cm³/mol. The molecular formula is C21H22N2O3. The fraction of sp³-hybridized carbons (Fsp3) is 0.286. The summed E-state index contributed by atoms with van der Waals surface area (Å²) in [7, 11) is 0. The Labute approximate surface area is 152 Å². The molecule has 0 bridgehead atoms. The SMILES string of the molecule is Cc1ccc2c(c1C)=NC(=O)C(CCNC(=O)COc1ccccc1)C=2. The topological polar surface area (TPSA) is 67.8 Å². The molecule has 26 heavy (non-hydrogen) atoms. The second-order valence-corrected chi connectivity index (χ2v) is 6.41. The van der Waals surface area contributed by atoms with E-state index >= 15 is 0 Å². The Kier molecular flexibility index (Phi) is 5.46. The molecule has 1 unspecified atom stereocenters. The van der Waals surface area contributed by atoms with Crippen LogP contribution in [0.15, 0.2) is 47.5 Å². The number of para-hydroxylation sites is 1. The summed E-state index contributed by atoms with van der Waals surface area (Å²) in [5.41, 5.74) is 2.16. The molecule has 5 heteroatoms. The van der Waals surface area contributed by atoms with E-state index in [1.807, 2.05) is 50.3 Å². The Morgan fingerprint density at radius 1 is 1.15 bits per heavy atom. The van der Waals surface area contributed by atoms with E-state index in [9.17, 15) is 9.59 Å². The van der Waals surface area contributed by atoms with Gasteiger partial charge in [0.25, 0.3) is 11.8 Å². The third kappa shape index (κ3) is 4.17. The first-order valence-electron chi connectivity index (χ1n) is 8.70. The third-order valence-electron chi connectivity index (χ3n) is 4.54. The molecule has 134 valence electrons. The van der Waals surface area contributed by atoms with E-state index in [4.69, 9.17) is 4.74 Å². The molecule has 0 fully saturated rings. The Balaban J connectivity index is 1.53. The number of fused-ring (bicyclic) bond motifs is 1. The van der Waals surface area contributed by atoms with Crippen LogP contribution in [-0.2, 0) is 9.59 Å². The molecule has 1 atom stereocenters. The number of nitrogens with zero attached hydrogens (tertiary/aromatic N) is 1. The maximum Gasteiger partial charge on any atom is 0.257 e. The van der Waals surface area contributed by atoms with E-state index < -0.39 is 0 Å². The van der Waals surface area contributed by atoms with Gasteiger partial charge < -0.3 is 10.1 Å². The Morgan fingerprint density at radius 2 is 1.92 bits per heavy atom. The van der Waals surface area contributed by atoms with Gasteiger partial charge in [-0.25, -0.2) is 4.99 Å². The van der Waals surface area contributed by atoms with Gasteiger partial charge in [0.15, 0.2) is 6.61 Å². The molecule has 2 aromatic rings. The van der Waals surface area contributed by atoms with E-state index in [0.717, 1.165) is 21.7 Å². The highest BCUT2D eigenvalue weighted by Crippen LogP contribution is 2.10. The van der Waals surface area contributed by atoms with Crippen LogP contribution in [0.5, 0.6) is 5.75 Å². The zero-order valence-electron chi connectivity index (χ0n) is 15.0. The maximum atomic E-state index is 12.3. The number of carbonyl (C=O) groups excluding carboxylic acids is 2. The van der Waals surface area contributed by atoms with E-state index in [1.54, 1.807) is 12.1 Å². The number of nitrogens with one attached hydrogen (secondary N) is 1. The van der Waals surface area contributed by atoms with E-state index in [-0.39, 0.29) is 24.3 Å². The van der Waals surface area contributed by atoms with Crippen molar-refractivity contribution in [3.05, 3.63) is 64.2 Å². The number of hydrogen-bond acceptors (Lipinski definition) is 3. The lowest BCUT2D eigenvalue weighted by Gasteiger charge is -2.14. The number of rotatable bonds is 6. The largest absolute Gasteiger partial charge is 0.484 e. The first-order valence-corrected chi connectivity index (χ1v) is 8.70. The van der Waals surface area contributed by atoms with Gasteiger partial charge >= 0.3 is 0 Å². The lowest BCUT2D eigenvalue weighted by Crippen LogP contribution is -2.37. The number of ether oxygens (including phenoxy) is 1. The highest BCUT2D eigenvalue weighted by molar-refractivity contribution is 5.86. The molecule has 1 aliphatic heterocycles. The average molecular weight is 350 g/mol. The molecule has 2 amide bonds. The lowest BCUT2D eigenvalue weighted by molar-refractivity contribution is -0.124. The summed E-state index contributed by atoms with van der Waals surface area (Å²) < 4.78 is 5.40. The first-order chi connectivity index (χ1) is 12.5. The summed E-state index contributed by atoms with van der Waals surface area (Å²) in [5, 5.41) is 4.54. The Hall–Kier alpha value is -2.95. The number of carbonyl (C=O) groups is 2. The van der Waals surface area contributed by atoms with Gasteiger partial charge in [-0.1, -0.05) is 36.4 Å². The van der Waals surface area contributed by atoms with Crippen molar-refractivity contribution in [1.29, 1.82) is 0 Å². The highest BCUT2D eigenvalue weighted by atomic mass is 16.5. The zero-order chi connectivity index (χ0) is 18.5. The Morgan fingerprint density at radius 3 is 2.69 bits per heavy atom. The first kappa shape index (κ1) is 17.9. The number of hydrogen-bond donors (Lipinski definition) is 1. The van der Waals surface area contributed by atoms with Crippen molar-refractivity contribution >= 4 is 17.9 Å². The summed E-state index contributed by atoms with van der Waals surface area (Å²) in [5.74, 6) is -0.0126. The van der Waals surface area contributed by atoms with E-state index in [2.05, 4.69) is 10.3 Å². The third-order valence-corrected chi connectivity index (χ3v) is 4.54. The van der Waals surface area contributed by atoms with E-state index in [1.165, 1.54) is 0 Å². The monoisotopic (exact) mass is 350 g/mol. The van der Waals surface area contributed by atoms with Crippen LogP contribution in [0.4, 0.5) is 0 Å². The number of aryl methyl sites for hydroxylation is 1. The summed E-state index contributed by atoms with van der Waals surface area (Å²) in [6.45, 7) is 4.35. The number of benzene rings is 2. The van der Waals surface area contributed by atoms with Crippen molar-refractivity contribution in [3.8, 4) is 5.75 Å². The normalized spacial score (nSPS) is 15.5. The van der Waals surface area contributed by atoms with Gasteiger partial charge in [0.05, 0.1) is 11.3 Å². The molecular weight excluding hydrogens is 328 g/mol. The zero-order valence-corrected chi connectivity index (χ0v) is 15.0. The van der Waals surface area contributed by atoms with Crippen molar-refractivity contribution in [2.24, 2.45) is 10.9 Å². The van der Waals surface area contributed by atoms with Gasteiger partial charge in [-0.15, -0.1) is 0 Å². The molecule has 1 heterocycles. The fourth-order valence-corrected chi connectivity index (χ4v) is 2.88. The summed E-state index contributed by atoms with van der Waals surface area (Å²) >= 11 is 0. The van der Waals surface area contributed by atoms with Gasteiger partial charge in [0.2, 0.25) is 0 Å². The van der Waals surface area contributed by atoms with Gasteiger partial charge in [-0.3, -0.25) is 9.59 Å². The fourth-order valence-electron chi connectivity index (χ4n) is 2.88. The molecule has 0 saturated heterocycles. The van der Waals surface area contributed by atoms with Crippen LogP contribution < -0.4 is 20.6 Å².